The summed E-state index contributed by atoms with van der Waals surface area (Å²) in [7, 11) is 1.73. The molecule has 0 fully saturated rings. The minimum Gasteiger partial charge on any atom is -0.383 e. The molecule has 0 aliphatic carbocycles. The summed E-state index contributed by atoms with van der Waals surface area (Å²) in [6.07, 6.45) is 0. The van der Waals surface area contributed by atoms with Crippen molar-refractivity contribution in [3.63, 3.8) is 0 Å². The molecule has 2 N–H and O–H groups in total. The Balaban J connectivity index is 2.94. The van der Waals surface area contributed by atoms with E-state index >= 15 is 0 Å². The van der Waals surface area contributed by atoms with Crippen LogP contribution in [-0.2, 0) is 4.74 Å². The second-order valence-electron chi connectivity index (χ2n) is 5.64. The van der Waals surface area contributed by atoms with E-state index in [-0.39, 0.29) is 6.04 Å². The lowest BCUT2D eigenvalue weighted by molar-refractivity contribution is 0.112. The molecular formula is C16H27ClN2O. The first-order valence-corrected chi connectivity index (χ1v) is 7.56. The Morgan fingerprint density at radius 2 is 2.05 bits per heavy atom. The van der Waals surface area contributed by atoms with Crippen LogP contribution in [0.4, 0.5) is 0 Å². The summed E-state index contributed by atoms with van der Waals surface area (Å²) in [6.45, 7) is 9.61. The number of rotatable bonds is 8. The van der Waals surface area contributed by atoms with Crippen molar-refractivity contribution in [2.24, 2.45) is 11.7 Å². The molecule has 1 aromatic rings. The zero-order valence-corrected chi connectivity index (χ0v) is 13.8. The highest BCUT2D eigenvalue weighted by Crippen LogP contribution is 2.25. The third kappa shape index (κ3) is 5.06. The molecule has 0 radical (unpaired) electrons. The van der Waals surface area contributed by atoms with Crippen molar-refractivity contribution in [1.29, 1.82) is 0 Å². The summed E-state index contributed by atoms with van der Waals surface area (Å²) in [5.74, 6) is 0.585. The zero-order chi connectivity index (χ0) is 15.1. The molecule has 4 heteroatoms. The van der Waals surface area contributed by atoms with Gasteiger partial charge in [0.25, 0.3) is 0 Å². The highest BCUT2D eigenvalue weighted by atomic mass is 35.5. The van der Waals surface area contributed by atoms with Crippen molar-refractivity contribution in [2.45, 2.75) is 26.8 Å². The number of halogens is 1. The van der Waals surface area contributed by atoms with Crippen LogP contribution in [0, 0.1) is 12.8 Å². The van der Waals surface area contributed by atoms with Crippen LogP contribution in [0.3, 0.4) is 0 Å². The smallest absolute Gasteiger partial charge is 0.0589 e. The average molecular weight is 299 g/mol. The van der Waals surface area contributed by atoms with Crippen molar-refractivity contribution in [1.82, 2.24) is 4.90 Å². The second-order valence-corrected chi connectivity index (χ2v) is 6.05. The maximum Gasteiger partial charge on any atom is 0.0589 e. The Labute approximate surface area is 128 Å². The Morgan fingerprint density at radius 1 is 1.35 bits per heavy atom. The molecule has 1 atom stereocenters. The molecular weight excluding hydrogens is 272 g/mol. The molecule has 0 saturated carbocycles. The first-order chi connectivity index (χ1) is 9.49. The number of hydrogen-bond donors (Lipinski definition) is 1. The Kier molecular flexibility index (Phi) is 7.52. The van der Waals surface area contributed by atoms with Gasteiger partial charge in [0, 0.05) is 37.8 Å². The van der Waals surface area contributed by atoms with E-state index in [1.807, 2.05) is 13.0 Å². The van der Waals surface area contributed by atoms with Gasteiger partial charge in [-0.25, -0.2) is 0 Å². The van der Waals surface area contributed by atoms with Gasteiger partial charge in [0.2, 0.25) is 0 Å². The zero-order valence-electron chi connectivity index (χ0n) is 13.0. The van der Waals surface area contributed by atoms with Gasteiger partial charge in [0.1, 0.15) is 0 Å². The maximum absolute atomic E-state index is 6.25. The third-order valence-electron chi connectivity index (χ3n) is 3.43. The fourth-order valence-corrected chi connectivity index (χ4v) is 2.55. The lowest BCUT2D eigenvalue weighted by atomic mass is 10.0. The first-order valence-electron chi connectivity index (χ1n) is 7.18. The SMILES string of the molecule is COCCN(CC(C)C)C(CN)c1ccc(C)c(Cl)c1. The van der Waals surface area contributed by atoms with E-state index in [2.05, 4.69) is 30.9 Å². The fraction of sp³-hybridized carbons (Fsp3) is 0.625. The predicted molar refractivity (Wildman–Crippen MR) is 86.3 cm³/mol. The Morgan fingerprint density at radius 3 is 2.55 bits per heavy atom. The van der Waals surface area contributed by atoms with E-state index in [4.69, 9.17) is 22.1 Å². The van der Waals surface area contributed by atoms with Crippen molar-refractivity contribution in [2.75, 3.05) is 33.4 Å². The minimum atomic E-state index is 0.186. The van der Waals surface area contributed by atoms with E-state index in [1.54, 1.807) is 7.11 Å². The summed E-state index contributed by atoms with van der Waals surface area (Å²) in [5.41, 5.74) is 8.29. The quantitative estimate of drug-likeness (QED) is 0.800. The highest BCUT2D eigenvalue weighted by molar-refractivity contribution is 6.31. The molecule has 0 spiro atoms. The topological polar surface area (TPSA) is 38.5 Å². The number of ether oxygens (including phenoxy) is 1. The van der Waals surface area contributed by atoms with Gasteiger partial charge >= 0.3 is 0 Å². The summed E-state index contributed by atoms with van der Waals surface area (Å²) >= 11 is 6.25. The van der Waals surface area contributed by atoms with E-state index in [9.17, 15) is 0 Å². The summed E-state index contributed by atoms with van der Waals surface area (Å²) in [5, 5.41) is 0.803. The van der Waals surface area contributed by atoms with Gasteiger partial charge in [0.15, 0.2) is 0 Å². The van der Waals surface area contributed by atoms with Crippen LogP contribution in [0.2, 0.25) is 5.02 Å². The lowest BCUT2D eigenvalue weighted by Gasteiger charge is -2.32. The normalized spacial score (nSPS) is 13.2. The van der Waals surface area contributed by atoms with Gasteiger partial charge in [-0.05, 0) is 30.0 Å². The van der Waals surface area contributed by atoms with Gasteiger partial charge in [-0.15, -0.1) is 0 Å². The van der Waals surface area contributed by atoms with Crippen LogP contribution < -0.4 is 5.73 Å². The number of hydrogen-bond acceptors (Lipinski definition) is 3. The molecule has 0 aromatic heterocycles. The van der Waals surface area contributed by atoms with Crippen molar-refractivity contribution >= 4 is 11.6 Å². The number of methoxy groups -OCH3 is 1. The Bertz CT molecular complexity index is 409. The van der Waals surface area contributed by atoms with Crippen molar-refractivity contribution < 1.29 is 4.74 Å². The summed E-state index contributed by atoms with van der Waals surface area (Å²) in [4.78, 5) is 2.38. The van der Waals surface area contributed by atoms with Crippen LogP contribution in [0.1, 0.15) is 31.0 Å². The van der Waals surface area contributed by atoms with Crippen LogP contribution in [0.15, 0.2) is 18.2 Å². The van der Waals surface area contributed by atoms with Gasteiger partial charge in [-0.2, -0.15) is 0 Å². The molecule has 1 unspecified atom stereocenters. The predicted octanol–water partition coefficient (Wildman–Crippen LogP) is 3.25. The molecule has 0 amide bonds. The number of nitrogens with zero attached hydrogens (tertiary/aromatic N) is 1. The van der Waals surface area contributed by atoms with Crippen LogP contribution in [0.5, 0.6) is 0 Å². The summed E-state index contributed by atoms with van der Waals surface area (Å²) in [6, 6.07) is 6.41. The first kappa shape index (κ1) is 17.4. The van der Waals surface area contributed by atoms with Gasteiger partial charge in [0.05, 0.1) is 6.61 Å². The van der Waals surface area contributed by atoms with E-state index in [1.165, 1.54) is 5.56 Å². The standard InChI is InChI=1S/C16H27ClN2O/c1-12(2)11-19(7-8-20-4)16(10-18)14-6-5-13(3)15(17)9-14/h5-6,9,12,16H,7-8,10-11,18H2,1-4H3. The molecule has 114 valence electrons. The summed E-state index contributed by atoms with van der Waals surface area (Å²) < 4.78 is 5.22. The van der Waals surface area contributed by atoms with E-state index in [0.29, 0.717) is 19.1 Å². The lowest BCUT2D eigenvalue weighted by Crippen LogP contribution is -2.38. The molecule has 1 rings (SSSR count). The molecule has 20 heavy (non-hydrogen) atoms. The second kappa shape index (κ2) is 8.63. The average Bonchev–Trinajstić information content (AvgIpc) is 2.40. The number of benzene rings is 1. The van der Waals surface area contributed by atoms with E-state index < -0.39 is 0 Å². The van der Waals surface area contributed by atoms with Crippen LogP contribution in [0.25, 0.3) is 0 Å². The molecule has 0 aliphatic heterocycles. The molecule has 3 nitrogen and oxygen atoms in total. The van der Waals surface area contributed by atoms with Crippen LogP contribution in [-0.4, -0.2) is 38.3 Å². The van der Waals surface area contributed by atoms with Crippen molar-refractivity contribution in [3.8, 4) is 0 Å². The van der Waals surface area contributed by atoms with Gasteiger partial charge in [-0.1, -0.05) is 37.6 Å². The Hall–Kier alpha value is -0.610. The molecule has 0 aliphatic rings. The highest BCUT2D eigenvalue weighted by Gasteiger charge is 2.20. The van der Waals surface area contributed by atoms with Gasteiger partial charge in [-0.3, -0.25) is 4.90 Å². The molecule has 0 saturated heterocycles. The third-order valence-corrected chi connectivity index (χ3v) is 3.83. The fourth-order valence-electron chi connectivity index (χ4n) is 2.36. The van der Waals surface area contributed by atoms with Gasteiger partial charge < -0.3 is 10.5 Å². The maximum atomic E-state index is 6.25. The number of aryl methyl sites for hydroxylation is 1. The molecule has 0 bridgehead atoms. The van der Waals surface area contributed by atoms with Crippen LogP contribution >= 0.6 is 11.6 Å². The molecule has 1 aromatic carbocycles. The number of nitrogens with two attached hydrogens (primary N) is 1. The molecule has 0 heterocycles. The minimum absolute atomic E-state index is 0.186. The monoisotopic (exact) mass is 298 g/mol. The largest absolute Gasteiger partial charge is 0.383 e. The van der Waals surface area contributed by atoms with E-state index in [0.717, 1.165) is 23.7 Å². The van der Waals surface area contributed by atoms with Crippen molar-refractivity contribution in [3.05, 3.63) is 34.3 Å².